The van der Waals surface area contributed by atoms with Crippen LogP contribution in [0.4, 0.5) is 32.8 Å². The fraction of sp³-hybridized carbons (Fsp3) is 0.0417. The van der Waals surface area contributed by atoms with Crippen LogP contribution in [0, 0.1) is 5.82 Å². The highest BCUT2D eigenvalue weighted by molar-refractivity contribution is 6.10. The zero-order valence-electron chi connectivity index (χ0n) is 16.4. The van der Waals surface area contributed by atoms with Crippen LogP contribution in [0.2, 0.25) is 0 Å². The topological polar surface area (TPSA) is 70.2 Å². The van der Waals surface area contributed by atoms with Gasteiger partial charge in [-0.05, 0) is 66.2 Å². The van der Waals surface area contributed by atoms with Gasteiger partial charge in [-0.2, -0.15) is 0 Å². The second-order valence-corrected chi connectivity index (χ2v) is 7.15. The number of nitrogens with zero attached hydrogens (tertiary/aromatic N) is 3. The third kappa shape index (κ3) is 3.81. The number of carbonyl (C=O) groups excluding carboxylic acids is 1. The molecule has 4 aromatic rings. The molecule has 0 radical (unpaired) electrons. The van der Waals surface area contributed by atoms with Gasteiger partial charge in [-0.1, -0.05) is 0 Å². The van der Waals surface area contributed by atoms with Gasteiger partial charge in [0.25, 0.3) is 5.91 Å². The summed E-state index contributed by atoms with van der Waals surface area (Å²) in [7, 11) is 0. The minimum absolute atomic E-state index is 0.217. The van der Waals surface area contributed by atoms with Crippen molar-refractivity contribution in [1.29, 1.82) is 0 Å². The van der Waals surface area contributed by atoms with Gasteiger partial charge < -0.3 is 15.5 Å². The summed E-state index contributed by atoms with van der Waals surface area (Å²) in [5, 5.41) is 6.50. The number of fused-ring (bicyclic) bond motifs is 1. The second-order valence-electron chi connectivity index (χ2n) is 7.15. The van der Waals surface area contributed by atoms with Crippen LogP contribution < -0.4 is 15.5 Å². The van der Waals surface area contributed by atoms with Crippen molar-refractivity contribution in [2.24, 2.45) is 0 Å². The Labute approximate surface area is 178 Å². The van der Waals surface area contributed by atoms with Crippen molar-refractivity contribution in [1.82, 2.24) is 9.97 Å². The van der Waals surface area contributed by atoms with E-state index in [0.29, 0.717) is 17.8 Å². The lowest BCUT2D eigenvalue weighted by atomic mass is 10.1. The van der Waals surface area contributed by atoms with Gasteiger partial charge in [0.2, 0.25) is 0 Å². The number of pyridine rings is 2. The van der Waals surface area contributed by atoms with Crippen molar-refractivity contribution in [2.45, 2.75) is 6.54 Å². The maximum Gasteiger partial charge on any atom is 0.259 e. The average molecular weight is 411 g/mol. The number of carbonyl (C=O) groups is 1. The maximum atomic E-state index is 14.7. The van der Waals surface area contributed by atoms with Crippen molar-refractivity contribution >= 4 is 34.3 Å². The molecular weight excluding hydrogens is 393 g/mol. The first-order valence-corrected chi connectivity index (χ1v) is 9.76. The van der Waals surface area contributed by atoms with E-state index in [4.69, 9.17) is 0 Å². The fourth-order valence-corrected chi connectivity index (χ4v) is 3.59. The van der Waals surface area contributed by atoms with Crippen LogP contribution in [0.1, 0.15) is 15.9 Å². The molecule has 0 unspecified atom stereocenters. The van der Waals surface area contributed by atoms with Crippen LogP contribution in [0.3, 0.4) is 0 Å². The molecule has 152 valence electrons. The first kappa shape index (κ1) is 18.7. The Bertz CT molecular complexity index is 1250. The summed E-state index contributed by atoms with van der Waals surface area (Å²) in [4.78, 5) is 22.4. The number of amides is 1. The average Bonchev–Trinajstić information content (AvgIpc) is 3.12. The van der Waals surface area contributed by atoms with E-state index in [1.54, 1.807) is 43.0 Å². The lowest BCUT2D eigenvalue weighted by Crippen LogP contribution is -2.24. The van der Waals surface area contributed by atoms with Crippen LogP contribution in [0.25, 0.3) is 0 Å². The molecule has 0 saturated heterocycles. The number of halogens is 1. The largest absolute Gasteiger partial charge is 0.355 e. The SMILES string of the molecule is O=C1c2ccc(Nc3ccncc3)cc2CN1c1cc(Nc2ccncc2)ccc1F. The third-order valence-corrected chi connectivity index (χ3v) is 5.08. The van der Waals surface area contributed by atoms with E-state index < -0.39 is 5.82 Å². The van der Waals surface area contributed by atoms with E-state index in [2.05, 4.69) is 20.6 Å². The highest BCUT2D eigenvalue weighted by Crippen LogP contribution is 2.34. The van der Waals surface area contributed by atoms with Crippen LogP contribution in [-0.4, -0.2) is 15.9 Å². The Balaban J connectivity index is 1.40. The van der Waals surface area contributed by atoms with E-state index in [1.165, 1.54) is 11.0 Å². The molecule has 2 aromatic heterocycles. The summed E-state index contributed by atoms with van der Waals surface area (Å²) in [6.07, 6.45) is 6.75. The molecule has 1 aliphatic heterocycles. The van der Waals surface area contributed by atoms with Crippen LogP contribution in [0.5, 0.6) is 0 Å². The number of anilines is 5. The van der Waals surface area contributed by atoms with E-state index in [1.807, 2.05) is 36.4 Å². The van der Waals surface area contributed by atoms with Gasteiger partial charge in [-0.3, -0.25) is 14.8 Å². The number of rotatable bonds is 5. The Kier molecular flexibility index (Phi) is 4.76. The Morgan fingerprint density at radius 3 is 1.97 bits per heavy atom. The summed E-state index contributed by atoms with van der Waals surface area (Å²) in [5.41, 5.74) is 4.93. The van der Waals surface area contributed by atoms with E-state index >= 15 is 0 Å². The van der Waals surface area contributed by atoms with Crippen molar-refractivity contribution in [3.8, 4) is 0 Å². The summed E-state index contributed by atoms with van der Waals surface area (Å²) < 4.78 is 14.7. The molecular formula is C24H18FN5O. The van der Waals surface area contributed by atoms with Crippen LogP contribution in [0.15, 0.2) is 85.5 Å². The number of nitrogens with one attached hydrogen (secondary N) is 2. The molecule has 0 spiro atoms. The molecule has 5 rings (SSSR count). The Hall–Kier alpha value is -4.26. The zero-order valence-corrected chi connectivity index (χ0v) is 16.4. The number of hydrogen-bond acceptors (Lipinski definition) is 5. The predicted molar refractivity (Wildman–Crippen MR) is 118 cm³/mol. The molecule has 0 bridgehead atoms. The fourth-order valence-electron chi connectivity index (χ4n) is 3.59. The van der Waals surface area contributed by atoms with Gasteiger partial charge >= 0.3 is 0 Å². The minimum Gasteiger partial charge on any atom is -0.355 e. The van der Waals surface area contributed by atoms with Crippen molar-refractivity contribution in [3.05, 3.63) is 102 Å². The van der Waals surface area contributed by atoms with Gasteiger partial charge in [0.15, 0.2) is 0 Å². The molecule has 0 saturated carbocycles. The quantitative estimate of drug-likeness (QED) is 0.469. The Morgan fingerprint density at radius 2 is 1.32 bits per heavy atom. The number of aromatic nitrogens is 2. The van der Waals surface area contributed by atoms with Gasteiger partial charge in [0.1, 0.15) is 5.82 Å². The highest BCUT2D eigenvalue weighted by atomic mass is 19.1. The standard InChI is InChI=1S/C24H18FN5O/c25-22-4-2-20(29-18-7-11-27-12-8-18)14-23(22)30-15-16-13-19(1-3-21(16)24(30)31)28-17-5-9-26-10-6-17/h1-14H,15H2,(H,26,28)(H,27,29). The summed E-state index contributed by atoms with van der Waals surface area (Å²) in [6, 6.07) is 17.6. The molecule has 2 aromatic carbocycles. The second kappa shape index (κ2) is 7.87. The van der Waals surface area contributed by atoms with E-state index in [9.17, 15) is 9.18 Å². The molecule has 0 atom stereocenters. The van der Waals surface area contributed by atoms with Crippen LogP contribution >= 0.6 is 0 Å². The lowest BCUT2D eigenvalue weighted by Gasteiger charge is -2.18. The minimum atomic E-state index is -0.448. The first-order valence-electron chi connectivity index (χ1n) is 9.76. The normalized spacial score (nSPS) is 12.5. The molecule has 1 aliphatic rings. The monoisotopic (exact) mass is 411 g/mol. The summed E-state index contributed by atoms with van der Waals surface area (Å²) >= 11 is 0. The van der Waals surface area contributed by atoms with Crippen molar-refractivity contribution < 1.29 is 9.18 Å². The molecule has 6 nitrogen and oxygen atoms in total. The van der Waals surface area contributed by atoms with Gasteiger partial charge in [-0.15, -0.1) is 0 Å². The molecule has 31 heavy (non-hydrogen) atoms. The first-order chi connectivity index (χ1) is 15.2. The summed E-state index contributed by atoms with van der Waals surface area (Å²) in [6.45, 7) is 0.301. The van der Waals surface area contributed by atoms with Crippen molar-refractivity contribution in [3.63, 3.8) is 0 Å². The third-order valence-electron chi connectivity index (χ3n) is 5.08. The van der Waals surface area contributed by atoms with Crippen molar-refractivity contribution in [2.75, 3.05) is 15.5 Å². The van der Waals surface area contributed by atoms with Gasteiger partial charge in [-0.25, -0.2) is 4.39 Å². The summed E-state index contributed by atoms with van der Waals surface area (Å²) in [5.74, 6) is -0.665. The van der Waals surface area contributed by atoms with E-state index in [0.717, 1.165) is 22.6 Å². The Morgan fingerprint density at radius 1 is 0.742 bits per heavy atom. The molecule has 2 N–H and O–H groups in total. The van der Waals surface area contributed by atoms with E-state index in [-0.39, 0.29) is 11.6 Å². The van der Waals surface area contributed by atoms with Gasteiger partial charge in [0.05, 0.1) is 12.2 Å². The van der Waals surface area contributed by atoms with Crippen LogP contribution in [-0.2, 0) is 6.54 Å². The molecule has 7 heteroatoms. The number of benzene rings is 2. The molecule has 1 amide bonds. The molecule has 0 fully saturated rings. The smallest absolute Gasteiger partial charge is 0.259 e. The highest BCUT2D eigenvalue weighted by Gasteiger charge is 2.30. The predicted octanol–water partition coefficient (Wildman–Crippen LogP) is 5.26. The zero-order chi connectivity index (χ0) is 21.2. The number of hydrogen-bond donors (Lipinski definition) is 2. The molecule has 0 aliphatic carbocycles. The lowest BCUT2D eigenvalue weighted by molar-refractivity contribution is 0.0996. The molecule has 3 heterocycles. The maximum absolute atomic E-state index is 14.7. The van der Waals surface area contributed by atoms with Gasteiger partial charge in [0, 0.05) is 53.1 Å².